The van der Waals surface area contributed by atoms with Crippen molar-refractivity contribution in [3.8, 4) is 0 Å². The highest BCUT2D eigenvalue weighted by molar-refractivity contribution is 4.76. The molecule has 3 N–H and O–H groups in total. The summed E-state index contributed by atoms with van der Waals surface area (Å²) in [6.07, 6.45) is -0.0168. The molecule has 0 aromatic heterocycles. The number of nitrogens with two attached hydrogens (primary N) is 1. The summed E-state index contributed by atoms with van der Waals surface area (Å²) in [7, 11) is 0. The molecule has 0 fully saturated rings. The van der Waals surface area contributed by atoms with E-state index in [0.717, 1.165) is 0 Å². The smallest absolute Gasteiger partial charge is 0.0897 e. The second-order valence-electron chi connectivity index (χ2n) is 3.66. The van der Waals surface area contributed by atoms with E-state index in [1.165, 1.54) is 0 Å². The van der Waals surface area contributed by atoms with Crippen molar-refractivity contribution in [1.29, 1.82) is 0 Å². The SMILES string of the molecule is CC(N)C(O)C(C)C(C)CCF.[HH].[HH].[HH]. The Balaban J connectivity index is -0.000000202. The van der Waals surface area contributed by atoms with Crippen LogP contribution in [0, 0.1) is 11.8 Å². The van der Waals surface area contributed by atoms with Crippen LogP contribution >= 0.6 is 0 Å². The molecule has 0 aliphatic carbocycles. The Labute approximate surface area is 78.4 Å². The van der Waals surface area contributed by atoms with Gasteiger partial charge >= 0.3 is 0 Å². The summed E-state index contributed by atoms with van der Waals surface area (Å²) in [5, 5.41) is 9.54. The normalized spacial score (nSPS) is 21.5. The van der Waals surface area contributed by atoms with Gasteiger partial charge in [-0.05, 0) is 25.2 Å². The van der Waals surface area contributed by atoms with Gasteiger partial charge < -0.3 is 10.8 Å². The average Bonchev–Trinajstić information content (AvgIpc) is 2.02. The molecule has 0 spiro atoms. The Morgan fingerprint density at radius 3 is 2.25 bits per heavy atom. The van der Waals surface area contributed by atoms with Gasteiger partial charge in [-0.1, -0.05) is 13.8 Å². The highest BCUT2D eigenvalue weighted by atomic mass is 19.1. The first-order valence-electron chi connectivity index (χ1n) is 4.50. The summed E-state index contributed by atoms with van der Waals surface area (Å²) in [4.78, 5) is 0. The lowest BCUT2D eigenvalue weighted by Gasteiger charge is -2.26. The van der Waals surface area contributed by atoms with E-state index in [1.54, 1.807) is 6.92 Å². The third kappa shape index (κ3) is 3.50. The largest absolute Gasteiger partial charge is 0.391 e. The van der Waals surface area contributed by atoms with Crippen LogP contribution in [0.2, 0.25) is 0 Å². The van der Waals surface area contributed by atoms with Crippen LogP contribution in [0.4, 0.5) is 4.39 Å². The molecule has 0 rings (SSSR count). The van der Waals surface area contributed by atoms with Gasteiger partial charge in [-0.25, -0.2) is 0 Å². The lowest BCUT2D eigenvalue weighted by atomic mass is 9.86. The molecule has 4 atom stereocenters. The molecule has 80 valence electrons. The van der Waals surface area contributed by atoms with Crippen LogP contribution in [0.15, 0.2) is 0 Å². The quantitative estimate of drug-likeness (QED) is 0.685. The van der Waals surface area contributed by atoms with Gasteiger partial charge in [-0.3, -0.25) is 4.39 Å². The number of hydrogen-bond donors (Lipinski definition) is 2. The molecule has 12 heavy (non-hydrogen) atoms. The summed E-state index contributed by atoms with van der Waals surface area (Å²) >= 11 is 0. The fourth-order valence-electron chi connectivity index (χ4n) is 1.25. The van der Waals surface area contributed by atoms with E-state index >= 15 is 0 Å². The summed E-state index contributed by atoms with van der Waals surface area (Å²) in [6, 6.07) is -0.234. The molecule has 0 aliphatic rings. The Morgan fingerprint density at radius 1 is 1.42 bits per heavy atom. The standard InChI is InChI=1S/C9H20FNO.3H2/c1-6(4-5-10)7(2)9(12)8(3)11;;;/h6-9,12H,4-5,11H2,1-3H3;3*1H. The summed E-state index contributed by atoms with van der Waals surface area (Å²) in [5.74, 6) is 0.261. The minimum absolute atomic E-state index is 0. The maximum absolute atomic E-state index is 12.0. The van der Waals surface area contributed by atoms with Crippen LogP contribution in [-0.4, -0.2) is 23.9 Å². The van der Waals surface area contributed by atoms with Crippen LogP contribution in [0.25, 0.3) is 0 Å². The highest BCUT2D eigenvalue weighted by Gasteiger charge is 2.23. The molecule has 0 aliphatic heterocycles. The lowest BCUT2D eigenvalue weighted by molar-refractivity contribution is 0.0649. The van der Waals surface area contributed by atoms with Gasteiger partial charge in [0.25, 0.3) is 0 Å². The minimum atomic E-state index is -0.522. The monoisotopic (exact) mass is 183 g/mol. The van der Waals surface area contributed by atoms with Gasteiger partial charge in [0.05, 0.1) is 12.8 Å². The number of aliphatic hydroxyl groups is 1. The van der Waals surface area contributed by atoms with Crippen LogP contribution in [0.5, 0.6) is 0 Å². The number of alkyl halides is 1. The maximum atomic E-state index is 12.0. The zero-order chi connectivity index (χ0) is 9.72. The van der Waals surface area contributed by atoms with Gasteiger partial charge in [0, 0.05) is 10.3 Å². The van der Waals surface area contributed by atoms with E-state index in [-0.39, 0.29) is 28.8 Å². The van der Waals surface area contributed by atoms with E-state index in [0.29, 0.717) is 6.42 Å². The topological polar surface area (TPSA) is 46.2 Å². The predicted molar refractivity (Wildman–Crippen MR) is 54.9 cm³/mol. The van der Waals surface area contributed by atoms with Crippen molar-refractivity contribution in [3.63, 3.8) is 0 Å². The average molecular weight is 183 g/mol. The third-order valence-electron chi connectivity index (χ3n) is 2.54. The first kappa shape index (κ1) is 11.8. The van der Waals surface area contributed by atoms with Crippen molar-refractivity contribution in [1.82, 2.24) is 0 Å². The molecule has 0 radical (unpaired) electrons. The zero-order valence-corrected chi connectivity index (χ0v) is 8.13. The Morgan fingerprint density at radius 2 is 1.92 bits per heavy atom. The molecule has 3 heteroatoms. The first-order chi connectivity index (χ1) is 5.50. The minimum Gasteiger partial charge on any atom is -0.391 e. The Bertz CT molecular complexity index is 130. The molecule has 0 aromatic rings. The predicted octanol–water partition coefficient (Wildman–Crippen LogP) is 2.06. The van der Waals surface area contributed by atoms with E-state index in [9.17, 15) is 9.50 Å². The third-order valence-corrected chi connectivity index (χ3v) is 2.54. The second-order valence-corrected chi connectivity index (χ2v) is 3.66. The van der Waals surface area contributed by atoms with E-state index in [1.807, 2.05) is 13.8 Å². The molecule has 0 saturated heterocycles. The van der Waals surface area contributed by atoms with Crippen molar-refractivity contribution in [2.45, 2.75) is 39.3 Å². The maximum Gasteiger partial charge on any atom is 0.0897 e. The van der Waals surface area contributed by atoms with E-state index in [2.05, 4.69) is 0 Å². The molecule has 0 saturated carbocycles. The van der Waals surface area contributed by atoms with E-state index in [4.69, 9.17) is 5.73 Å². The van der Waals surface area contributed by atoms with Crippen molar-refractivity contribution >= 4 is 0 Å². The van der Waals surface area contributed by atoms with Crippen LogP contribution in [0.1, 0.15) is 31.5 Å². The summed E-state index contributed by atoms with van der Waals surface area (Å²) < 4.78 is 12.0. The van der Waals surface area contributed by atoms with Crippen molar-refractivity contribution in [2.24, 2.45) is 17.6 Å². The fourth-order valence-corrected chi connectivity index (χ4v) is 1.25. The second kappa shape index (κ2) is 5.49. The molecule has 0 bridgehead atoms. The first-order valence-corrected chi connectivity index (χ1v) is 4.50. The zero-order valence-electron chi connectivity index (χ0n) is 8.13. The van der Waals surface area contributed by atoms with Gasteiger partial charge in [0.2, 0.25) is 0 Å². The molecule has 0 heterocycles. The number of rotatable bonds is 5. The van der Waals surface area contributed by atoms with Gasteiger partial charge in [0.1, 0.15) is 0 Å². The molecule has 4 unspecified atom stereocenters. The fraction of sp³-hybridized carbons (Fsp3) is 1.00. The molecule has 0 amide bonds. The van der Waals surface area contributed by atoms with E-state index < -0.39 is 6.10 Å². The number of hydrogen-bond acceptors (Lipinski definition) is 2. The molecule has 0 aromatic carbocycles. The van der Waals surface area contributed by atoms with Crippen molar-refractivity contribution in [3.05, 3.63) is 0 Å². The van der Waals surface area contributed by atoms with Gasteiger partial charge in [-0.2, -0.15) is 0 Å². The molecule has 2 nitrogen and oxygen atoms in total. The van der Waals surface area contributed by atoms with Gasteiger partial charge in [-0.15, -0.1) is 0 Å². The Hall–Kier alpha value is -0.150. The molecular formula is C9H26FNO. The van der Waals surface area contributed by atoms with Crippen LogP contribution in [-0.2, 0) is 0 Å². The summed E-state index contributed by atoms with van der Waals surface area (Å²) in [5.41, 5.74) is 5.53. The van der Waals surface area contributed by atoms with Gasteiger partial charge in [0.15, 0.2) is 0 Å². The molecular weight excluding hydrogens is 157 g/mol. The highest BCUT2D eigenvalue weighted by Crippen LogP contribution is 2.20. The van der Waals surface area contributed by atoms with Crippen molar-refractivity contribution in [2.75, 3.05) is 6.67 Å². The summed E-state index contributed by atoms with van der Waals surface area (Å²) in [6.45, 7) is 5.30. The number of aliphatic hydroxyl groups excluding tert-OH is 1. The number of halogens is 1. The van der Waals surface area contributed by atoms with Crippen molar-refractivity contribution < 1.29 is 13.8 Å². The van der Waals surface area contributed by atoms with Crippen LogP contribution in [0.3, 0.4) is 0 Å². The Kier molecular flexibility index (Phi) is 5.42. The lowest BCUT2D eigenvalue weighted by Crippen LogP contribution is -2.39. The van der Waals surface area contributed by atoms with Crippen LogP contribution < -0.4 is 5.73 Å².